The molecule has 0 aliphatic rings. The van der Waals surface area contributed by atoms with Crippen LogP contribution in [0.25, 0.3) is 0 Å². The van der Waals surface area contributed by atoms with Crippen molar-refractivity contribution < 1.29 is 4.79 Å². The van der Waals surface area contributed by atoms with Gasteiger partial charge in [0.2, 0.25) is 5.91 Å². The first-order chi connectivity index (χ1) is 9.06. The lowest BCUT2D eigenvalue weighted by Crippen LogP contribution is -2.37. The summed E-state index contributed by atoms with van der Waals surface area (Å²) in [6.45, 7) is 1.92. The number of hydrogen-bond donors (Lipinski definition) is 2. The molecular formula is C14H19ClN4O. The highest BCUT2D eigenvalue weighted by Gasteiger charge is 2.15. The van der Waals surface area contributed by atoms with Crippen molar-refractivity contribution in [3.63, 3.8) is 0 Å². The Balaban J connectivity index is 0.00000200. The Kier molecular flexibility index (Phi) is 5.73. The number of nitrogens with one attached hydrogen (secondary N) is 1. The molecule has 3 N–H and O–H groups in total. The number of nitrogens with zero attached hydrogens (tertiary/aromatic N) is 2. The van der Waals surface area contributed by atoms with Crippen molar-refractivity contribution in [2.24, 2.45) is 12.8 Å². The summed E-state index contributed by atoms with van der Waals surface area (Å²) >= 11 is 0. The van der Waals surface area contributed by atoms with E-state index >= 15 is 0 Å². The minimum absolute atomic E-state index is 0. The predicted octanol–water partition coefficient (Wildman–Crippen LogP) is 1.66. The number of benzene rings is 1. The van der Waals surface area contributed by atoms with Gasteiger partial charge in [0.25, 0.3) is 0 Å². The van der Waals surface area contributed by atoms with Crippen LogP contribution in [0.5, 0.6) is 0 Å². The van der Waals surface area contributed by atoms with Crippen LogP contribution in [0.4, 0.5) is 5.82 Å². The zero-order valence-corrected chi connectivity index (χ0v) is 12.4. The second-order valence-corrected chi connectivity index (χ2v) is 4.58. The maximum atomic E-state index is 12.0. The van der Waals surface area contributed by atoms with E-state index in [-0.39, 0.29) is 18.3 Å². The highest BCUT2D eigenvalue weighted by atomic mass is 35.5. The molecule has 6 heteroatoms. The standard InChI is InChI=1S/C14H18N4O.ClH/c1-10-8-13(17-18(10)2)16-14(19)12(15)9-11-6-4-3-5-7-11;/h3-8,12H,9,15H2,1-2H3,(H,16,17,19);1H/t12-;/m0./s1. The molecule has 0 radical (unpaired) electrons. The van der Waals surface area contributed by atoms with Crippen LogP contribution in [-0.4, -0.2) is 21.7 Å². The summed E-state index contributed by atoms with van der Waals surface area (Å²) in [7, 11) is 1.83. The summed E-state index contributed by atoms with van der Waals surface area (Å²) in [4.78, 5) is 12.0. The van der Waals surface area contributed by atoms with Gasteiger partial charge in [-0.25, -0.2) is 0 Å². The predicted molar refractivity (Wildman–Crippen MR) is 81.9 cm³/mol. The van der Waals surface area contributed by atoms with Gasteiger partial charge in [0.1, 0.15) is 0 Å². The highest BCUT2D eigenvalue weighted by molar-refractivity contribution is 5.94. The molecule has 0 spiro atoms. The number of rotatable bonds is 4. The Morgan fingerprint density at radius 1 is 1.40 bits per heavy atom. The van der Waals surface area contributed by atoms with Gasteiger partial charge in [0.15, 0.2) is 5.82 Å². The summed E-state index contributed by atoms with van der Waals surface area (Å²) in [6, 6.07) is 10.9. The molecule has 1 amide bonds. The minimum Gasteiger partial charge on any atom is -0.320 e. The van der Waals surface area contributed by atoms with E-state index in [0.717, 1.165) is 11.3 Å². The van der Waals surface area contributed by atoms with E-state index in [9.17, 15) is 4.79 Å². The van der Waals surface area contributed by atoms with Crippen LogP contribution in [0.15, 0.2) is 36.4 Å². The Morgan fingerprint density at radius 2 is 2.05 bits per heavy atom. The van der Waals surface area contributed by atoms with Crippen LogP contribution in [0.2, 0.25) is 0 Å². The van der Waals surface area contributed by atoms with Gasteiger partial charge in [-0.05, 0) is 18.9 Å². The number of nitrogens with two attached hydrogens (primary N) is 1. The SMILES string of the molecule is Cc1cc(NC(=O)[C@@H](N)Cc2ccccc2)nn1C.Cl. The van der Waals surface area contributed by atoms with Crippen molar-refractivity contribution in [3.05, 3.63) is 47.7 Å². The quantitative estimate of drug-likeness (QED) is 0.901. The molecule has 0 saturated carbocycles. The Hall–Kier alpha value is -1.85. The Morgan fingerprint density at radius 3 is 2.60 bits per heavy atom. The molecule has 2 rings (SSSR count). The average Bonchev–Trinajstić information content (AvgIpc) is 2.69. The van der Waals surface area contributed by atoms with Crippen molar-refractivity contribution >= 4 is 24.1 Å². The minimum atomic E-state index is -0.579. The molecule has 1 aromatic carbocycles. The highest BCUT2D eigenvalue weighted by Crippen LogP contribution is 2.08. The molecule has 0 aliphatic carbocycles. The summed E-state index contributed by atoms with van der Waals surface area (Å²) in [6.07, 6.45) is 0.512. The molecule has 1 aromatic heterocycles. The van der Waals surface area contributed by atoms with E-state index in [1.54, 1.807) is 4.68 Å². The molecule has 20 heavy (non-hydrogen) atoms. The fraction of sp³-hybridized carbons (Fsp3) is 0.286. The molecule has 0 unspecified atom stereocenters. The third kappa shape index (κ3) is 4.08. The zero-order chi connectivity index (χ0) is 13.8. The van der Waals surface area contributed by atoms with Gasteiger partial charge in [0, 0.05) is 18.8 Å². The van der Waals surface area contributed by atoms with Gasteiger partial charge in [-0.1, -0.05) is 30.3 Å². The topological polar surface area (TPSA) is 72.9 Å². The Labute approximate surface area is 124 Å². The molecule has 108 valence electrons. The molecule has 0 saturated heterocycles. The summed E-state index contributed by atoms with van der Waals surface area (Å²) in [5, 5.41) is 6.90. The number of hydrogen-bond acceptors (Lipinski definition) is 3. The van der Waals surface area contributed by atoms with E-state index in [4.69, 9.17) is 5.73 Å². The number of aromatic nitrogens is 2. The van der Waals surface area contributed by atoms with Crippen molar-refractivity contribution in [2.45, 2.75) is 19.4 Å². The molecule has 5 nitrogen and oxygen atoms in total. The second kappa shape index (κ2) is 7.07. The van der Waals surface area contributed by atoms with Crippen molar-refractivity contribution in [1.29, 1.82) is 0 Å². The summed E-state index contributed by atoms with van der Waals surface area (Å²) in [5.74, 6) is 0.315. The third-order valence-corrected chi connectivity index (χ3v) is 3.00. The first-order valence-electron chi connectivity index (χ1n) is 6.17. The maximum absolute atomic E-state index is 12.0. The molecule has 0 bridgehead atoms. The molecule has 0 aliphatic heterocycles. The molecule has 1 heterocycles. The lowest BCUT2D eigenvalue weighted by molar-refractivity contribution is -0.117. The van der Waals surface area contributed by atoms with Gasteiger partial charge < -0.3 is 11.1 Å². The van der Waals surface area contributed by atoms with Crippen LogP contribution < -0.4 is 11.1 Å². The fourth-order valence-electron chi connectivity index (χ4n) is 1.80. The van der Waals surface area contributed by atoms with Gasteiger partial charge in [-0.3, -0.25) is 9.48 Å². The fourth-order valence-corrected chi connectivity index (χ4v) is 1.80. The number of carbonyl (C=O) groups excluding carboxylic acids is 1. The number of halogens is 1. The van der Waals surface area contributed by atoms with Crippen LogP contribution in [-0.2, 0) is 18.3 Å². The average molecular weight is 295 g/mol. The van der Waals surface area contributed by atoms with Crippen LogP contribution in [0.1, 0.15) is 11.3 Å². The van der Waals surface area contributed by atoms with E-state index in [0.29, 0.717) is 12.2 Å². The van der Waals surface area contributed by atoms with Crippen LogP contribution in [0.3, 0.4) is 0 Å². The first kappa shape index (κ1) is 16.2. The second-order valence-electron chi connectivity index (χ2n) is 4.58. The monoisotopic (exact) mass is 294 g/mol. The summed E-state index contributed by atoms with van der Waals surface area (Å²) < 4.78 is 1.71. The normalized spacial score (nSPS) is 11.6. The van der Waals surface area contributed by atoms with Gasteiger partial charge >= 0.3 is 0 Å². The van der Waals surface area contributed by atoms with Crippen LogP contribution in [0, 0.1) is 6.92 Å². The van der Waals surface area contributed by atoms with Gasteiger partial charge in [-0.15, -0.1) is 12.4 Å². The number of carbonyl (C=O) groups is 1. The van der Waals surface area contributed by atoms with E-state index in [1.165, 1.54) is 0 Å². The van der Waals surface area contributed by atoms with Gasteiger partial charge in [0.05, 0.1) is 6.04 Å². The van der Waals surface area contributed by atoms with Crippen molar-refractivity contribution in [2.75, 3.05) is 5.32 Å². The summed E-state index contributed by atoms with van der Waals surface area (Å²) in [5.41, 5.74) is 7.92. The molecular weight excluding hydrogens is 276 g/mol. The van der Waals surface area contributed by atoms with E-state index in [1.807, 2.05) is 50.4 Å². The van der Waals surface area contributed by atoms with E-state index < -0.39 is 6.04 Å². The number of amides is 1. The molecule has 1 atom stereocenters. The third-order valence-electron chi connectivity index (χ3n) is 3.00. The van der Waals surface area contributed by atoms with Gasteiger partial charge in [-0.2, -0.15) is 5.10 Å². The largest absolute Gasteiger partial charge is 0.320 e. The maximum Gasteiger partial charge on any atom is 0.242 e. The van der Waals surface area contributed by atoms with Crippen LogP contribution >= 0.6 is 12.4 Å². The smallest absolute Gasteiger partial charge is 0.242 e. The number of aryl methyl sites for hydroxylation is 2. The zero-order valence-electron chi connectivity index (χ0n) is 11.5. The molecule has 2 aromatic rings. The lowest BCUT2D eigenvalue weighted by atomic mass is 10.1. The van der Waals surface area contributed by atoms with Crippen molar-refractivity contribution in [3.8, 4) is 0 Å². The number of anilines is 1. The molecule has 0 fully saturated rings. The lowest BCUT2D eigenvalue weighted by Gasteiger charge is -2.10. The first-order valence-corrected chi connectivity index (χ1v) is 6.17. The van der Waals surface area contributed by atoms with E-state index in [2.05, 4.69) is 10.4 Å². The van der Waals surface area contributed by atoms with Crippen molar-refractivity contribution in [1.82, 2.24) is 9.78 Å². The Bertz CT molecular complexity index is 548.